The largest absolute Gasteiger partial charge is 0.305 e. The number of halogens is 1. The molecule has 0 aliphatic heterocycles. The molecule has 1 aromatic heterocycles. The number of rotatable bonds is 2. The molecule has 1 amide bonds. The molecule has 0 unspecified atom stereocenters. The average molecular weight is 258 g/mol. The zero-order valence-corrected chi connectivity index (χ0v) is 9.98. The summed E-state index contributed by atoms with van der Waals surface area (Å²) in [5.41, 5.74) is 0.727. The number of hydrogen-bond acceptors (Lipinski definition) is 3. The fourth-order valence-corrected chi connectivity index (χ4v) is 1.59. The molecule has 1 heterocycles. The maximum atomic E-state index is 11.9. The van der Waals surface area contributed by atoms with Gasteiger partial charge in [-0.25, -0.2) is 4.98 Å². The minimum atomic E-state index is -0.354. The number of pyridine rings is 1. The molecule has 0 saturated heterocycles. The van der Waals surface area contributed by atoms with E-state index < -0.39 is 0 Å². The minimum Gasteiger partial charge on any atom is -0.305 e. The molecule has 2 rings (SSSR count). The molecule has 1 N–H and O–H groups in total. The summed E-state index contributed by atoms with van der Waals surface area (Å²) >= 11 is 5.80. The van der Waals surface area contributed by atoms with Crippen molar-refractivity contribution < 1.29 is 4.79 Å². The Hall–Kier alpha value is -2.38. The summed E-state index contributed by atoms with van der Waals surface area (Å²) in [6.07, 6.45) is 1.51. The Labute approximate surface area is 109 Å². The second-order valence-corrected chi connectivity index (χ2v) is 3.91. The zero-order valence-electron chi connectivity index (χ0n) is 9.22. The van der Waals surface area contributed by atoms with Crippen LogP contribution < -0.4 is 5.32 Å². The van der Waals surface area contributed by atoms with Gasteiger partial charge in [-0.1, -0.05) is 17.7 Å². The molecular formula is C13H8ClN3O. The van der Waals surface area contributed by atoms with Crippen LogP contribution in [0.3, 0.4) is 0 Å². The summed E-state index contributed by atoms with van der Waals surface area (Å²) in [6.45, 7) is 0. The predicted octanol–water partition coefficient (Wildman–Crippen LogP) is 2.86. The number of carbonyl (C=O) groups is 1. The fraction of sp³-hybridized carbons (Fsp3) is 0. The molecule has 18 heavy (non-hydrogen) atoms. The molecule has 4 nitrogen and oxygen atoms in total. The van der Waals surface area contributed by atoms with Gasteiger partial charge in [-0.3, -0.25) is 4.79 Å². The van der Waals surface area contributed by atoms with Crippen LogP contribution in [0.15, 0.2) is 42.6 Å². The highest BCUT2D eigenvalue weighted by Gasteiger charge is 2.09. The van der Waals surface area contributed by atoms with E-state index in [2.05, 4.69) is 10.3 Å². The third kappa shape index (κ3) is 2.65. The number of carbonyl (C=O) groups excluding carboxylic acids is 1. The first kappa shape index (κ1) is 12.1. The van der Waals surface area contributed by atoms with E-state index in [1.54, 1.807) is 36.4 Å². The number of benzene rings is 1. The molecule has 0 fully saturated rings. The lowest BCUT2D eigenvalue weighted by molar-refractivity contribution is 0.102. The van der Waals surface area contributed by atoms with Gasteiger partial charge in [0.2, 0.25) is 0 Å². The Morgan fingerprint density at radius 2 is 2.17 bits per heavy atom. The van der Waals surface area contributed by atoms with Gasteiger partial charge in [0.25, 0.3) is 5.91 Å². The Kier molecular flexibility index (Phi) is 3.56. The van der Waals surface area contributed by atoms with Gasteiger partial charge in [0, 0.05) is 16.8 Å². The number of hydrogen-bond donors (Lipinski definition) is 1. The first-order valence-corrected chi connectivity index (χ1v) is 5.50. The summed E-state index contributed by atoms with van der Waals surface area (Å²) in [7, 11) is 0. The van der Waals surface area contributed by atoms with Crippen LogP contribution >= 0.6 is 11.6 Å². The third-order valence-electron chi connectivity index (χ3n) is 2.25. The molecule has 2 aromatic rings. The molecule has 0 saturated carbocycles. The Morgan fingerprint density at radius 1 is 1.33 bits per heavy atom. The van der Waals surface area contributed by atoms with Crippen LogP contribution in [0, 0.1) is 11.3 Å². The van der Waals surface area contributed by atoms with Crippen LogP contribution in [-0.2, 0) is 0 Å². The SMILES string of the molecule is N#Cc1cccnc1NC(=O)c1cccc(Cl)c1. The van der Waals surface area contributed by atoms with Gasteiger partial charge < -0.3 is 5.32 Å². The smallest absolute Gasteiger partial charge is 0.256 e. The third-order valence-corrected chi connectivity index (χ3v) is 2.48. The summed E-state index contributed by atoms with van der Waals surface area (Å²) < 4.78 is 0. The molecule has 0 bridgehead atoms. The highest BCUT2D eigenvalue weighted by Crippen LogP contribution is 2.14. The van der Waals surface area contributed by atoms with E-state index in [0.717, 1.165) is 0 Å². The minimum absolute atomic E-state index is 0.241. The van der Waals surface area contributed by atoms with E-state index in [4.69, 9.17) is 16.9 Å². The van der Waals surface area contributed by atoms with Crippen molar-refractivity contribution in [3.8, 4) is 6.07 Å². The number of nitriles is 1. The van der Waals surface area contributed by atoms with Crippen molar-refractivity contribution in [1.82, 2.24) is 4.98 Å². The fourth-order valence-electron chi connectivity index (χ4n) is 1.40. The quantitative estimate of drug-likeness (QED) is 0.900. The molecule has 0 aliphatic carbocycles. The van der Waals surface area contributed by atoms with Crippen LogP contribution in [0.1, 0.15) is 15.9 Å². The van der Waals surface area contributed by atoms with Crippen LogP contribution in [0.2, 0.25) is 5.02 Å². The van der Waals surface area contributed by atoms with Crippen molar-refractivity contribution >= 4 is 23.3 Å². The second kappa shape index (κ2) is 5.30. The first-order valence-electron chi connectivity index (χ1n) is 5.13. The highest BCUT2D eigenvalue weighted by atomic mass is 35.5. The molecule has 0 atom stereocenters. The topological polar surface area (TPSA) is 65.8 Å². The second-order valence-electron chi connectivity index (χ2n) is 3.48. The number of aromatic nitrogens is 1. The first-order chi connectivity index (χ1) is 8.70. The Balaban J connectivity index is 2.25. The lowest BCUT2D eigenvalue weighted by Crippen LogP contribution is -2.13. The van der Waals surface area contributed by atoms with E-state index in [1.807, 2.05) is 6.07 Å². The normalized spacial score (nSPS) is 9.56. The van der Waals surface area contributed by atoms with E-state index in [-0.39, 0.29) is 11.7 Å². The Bertz CT molecular complexity index is 634. The van der Waals surface area contributed by atoms with Gasteiger partial charge in [0.1, 0.15) is 6.07 Å². The summed E-state index contributed by atoms with van der Waals surface area (Å²) in [5.74, 6) is -0.113. The highest BCUT2D eigenvalue weighted by molar-refractivity contribution is 6.31. The molecule has 0 spiro atoms. The van der Waals surface area contributed by atoms with Gasteiger partial charge in [0.05, 0.1) is 5.56 Å². The lowest BCUT2D eigenvalue weighted by atomic mass is 10.2. The van der Waals surface area contributed by atoms with Crippen molar-refractivity contribution in [2.75, 3.05) is 5.32 Å². The zero-order chi connectivity index (χ0) is 13.0. The van der Waals surface area contributed by atoms with Crippen molar-refractivity contribution in [2.24, 2.45) is 0 Å². The molecule has 0 radical (unpaired) electrons. The van der Waals surface area contributed by atoms with E-state index in [1.165, 1.54) is 6.20 Å². The summed E-state index contributed by atoms with van der Waals surface area (Å²) in [6, 6.07) is 11.7. The van der Waals surface area contributed by atoms with Crippen molar-refractivity contribution in [1.29, 1.82) is 5.26 Å². The molecule has 88 valence electrons. The van der Waals surface area contributed by atoms with Gasteiger partial charge >= 0.3 is 0 Å². The van der Waals surface area contributed by atoms with Crippen molar-refractivity contribution in [2.45, 2.75) is 0 Å². The number of nitrogens with one attached hydrogen (secondary N) is 1. The molecule has 0 aliphatic rings. The van der Waals surface area contributed by atoms with Crippen molar-refractivity contribution in [3.63, 3.8) is 0 Å². The van der Waals surface area contributed by atoms with Gasteiger partial charge in [-0.15, -0.1) is 0 Å². The predicted molar refractivity (Wildman–Crippen MR) is 68.4 cm³/mol. The van der Waals surface area contributed by atoms with E-state index in [9.17, 15) is 4.79 Å². The summed E-state index contributed by atoms with van der Waals surface area (Å²) in [4.78, 5) is 15.9. The Morgan fingerprint density at radius 3 is 2.89 bits per heavy atom. The monoisotopic (exact) mass is 257 g/mol. The van der Waals surface area contributed by atoms with Gasteiger partial charge in [-0.05, 0) is 30.3 Å². The molecule has 1 aromatic carbocycles. The standard InChI is InChI=1S/C13H8ClN3O/c14-11-5-1-3-9(7-11)13(18)17-12-10(8-15)4-2-6-16-12/h1-7H,(H,16,17,18). The van der Waals surface area contributed by atoms with Gasteiger partial charge in [0.15, 0.2) is 5.82 Å². The molecule has 5 heteroatoms. The van der Waals surface area contributed by atoms with E-state index in [0.29, 0.717) is 16.1 Å². The van der Waals surface area contributed by atoms with Crippen LogP contribution in [0.4, 0.5) is 5.82 Å². The van der Waals surface area contributed by atoms with Crippen molar-refractivity contribution in [3.05, 3.63) is 58.7 Å². The van der Waals surface area contributed by atoms with Gasteiger partial charge in [-0.2, -0.15) is 5.26 Å². The lowest BCUT2D eigenvalue weighted by Gasteiger charge is -2.05. The van der Waals surface area contributed by atoms with E-state index >= 15 is 0 Å². The van der Waals surface area contributed by atoms with Crippen LogP contribution in [0.5, 0.6) is 0 Å². The number of amides is 1. The van der Waals surface area contributed by atoms with Crippen LogP contribution in [-0.4, -0.2) is 10.9 Å². The molecular weight excluding hydrogens is 250 g/mol. The maximum absolute atomic E-state index is 11.9. The number of anilines is 1. The summed E-state index contributed by atoms with van der Waals surface area (Å²) in [5, 5.41) is 11.9. The maximum Gasteiger partial charge on any atom is 0.256 e. The number of nitrogens with zero attached hydrogens (tertiary/aromatic N) is 2. The van der Waals surface area contributed by atoms with Crippen LogP contribution in [0.25, 0.3) is 0 Å². The average Bonchev–Trinajstić information content (AvgIpc) is 2.39.